The van der Waals surface area contributed by atoms with E-state index in [2.05, 4.69) is 10.3 Å². The maximum absolute atomic E-state index is 12.1. The van der Waals surface area contributed by atoms with Gasteiger partial charge in [-0.2, -0.15) is 0 Å². The van der Waals surface area contributed by atoms with Crippen LogP contribution in [0, 0.1) is 10.1 Å². The van der Waals surface area contributed by atoms with Crippen LogP contribution in [0.25, 0.3) is 10.2 Å². The van der Waals surface area contributed by atoms with Gasteiger partial charge in [0, 0.05) is 11.6 Å². The summed E-state index contributed by atoms with van der Waals surface area (Å²) in [5.74, 6) is -1.24. The van der Waals surface area contributed by atoms with Crippen molar-refractivity contribution in [2.45, 2.75) is 6.61 Å². The summed E-state index contributed by atoms with van der Waals surface area (Å²) >= 11 is 1.42. The number of rotatable bonds is 7. The quantitative estimate of drug-likeness (QED) is 0.367. The van der Waals surface area contributed by atoms with Gasteiger partial charge < -0.3 is 14.8 Å². The van der Waals surface area contributed by atoms with E-state index < -0.39 is 16.8 Å². The van der Waals surface area contributed by atoms with E-state index in [0.717, 1.165) is 16.3 Å². The second kappa shape index (κ2) is 8.44. The second-order valence-electron chi connectivity index (χ2n) is 5.56. The van der Waals surface area contributed by atoms with Gasteiger partial charge in [0.05, 0.1) is 22.2 Å². The molecule has 0 spiro atoms. The Kier molecular flexibility index (Phi) is 5.80. The van der Waals surface area contributed by atoms with Crippen LogP contribution in [-0.4, -0.2) is 35.4 Å². The number of nitrogens with one attached hydrogen (secondary N) is 1. The lowest BCUT2D eigenvalue weighted by Crippen LogP contribution is -2.30. The molecule has 0 fully saturated rings. The van der Waals surface area contributed by atoms with Gasteiger partial charge >= 0.3 is 11.7 Å². The maximum Gasteiger partial charge on any atom is 0.325 e. The van der Waals surface area contributed by atoms with E-state index in [1.54, 1.807) is 0 Å². The molecule has 0 saturated carbocycles. The molecule has 2 aromatic carbocycles. The summed E-state index contributed by atoms with van der Waals surface area (Å²) in [6.45, 7) is -0.369. The van der Waals surface area contributed by atoms with Gasteiger partial charge in [-0.1, -0.05) is 12.1 Å². The van der Waals surface area contributed by atoms with Crippen molar-refractivity contribution in [2.24, 2.45) is 0 Å². The molecule has 28 heavy (non-hydrogen) atoms. The molecule has 144 valence electrons. The fourth-order valence-electron chi connectivity index (χ4n) is 2.40. The van der Waals surface area contributed by atoms with Gasteiger partial charge in [0.25, 0.3) is 5.91 Å². The molecule has 0 radical (unpaired) electrons. The predicted octanol–water partition coefficient (Wildman–Crippen LogP) is 2.69. The van der Waals surface area contributed by atoms with Crippen molar-refractivity contribution in [3.8, 4) is 5.75 Å². The molecule has 1 amide bonds. The van der Waals surface area contributed by atoms with Crippen LogP contribution in [0.15, 0.2) is 42.5 Å². The highest BCUT2D eigenvalue weighted by Gasteiger charge is 2.18. The largest absolute Gasteiger partial charge is 0.490 e. The zero-order valence-electron chi connectivity index (χ0n) is 14.7. The lowest BCUT2D eigenvalue weighted by atomic mass is 10.1. The molecule has 10 heteroatoms. The molecule has 1 aromatic heterocycles. The van der Waals surface area contributed by atoms with Crippen molar-refractivity contribution < 1.29 is 24.0 Å². The molecule has 9 nitrogen and oxygen atoms in total. The first-order chi connectivity index (χ1) is 13.5. The van der Waals surface area contributed by atoms with E-state index in [0.29, 0.717) is 5.01 Å². The first kappa shape index (κ1) is 19.2. The van der Waals surface area contributed by atoms with Crippen LogP contribution in [0.4, 0.5) is 5.69 Å². The average Bonchev–Trinajstić information content (AvgIpc) is 3.12. The molecule has 0 saturated heterocycles. The van der Waals surface area contributed by atoms with Gasteiger partial charge in [-0.15, -0.1) is 11.3 Å². The van der Waals surface area contributed by atoms with Gasteiger partial charge in [-0.25, -0.2) is 4.98 Å². The van der Waals surface area contributed by atoms with Crippen molar-refractivity contribution in [2.75, 3.05) is 13.7 Å². The molecule has 0 unspecified atom stereocenters. The number of carbonyl (C=O) groups excluding carboxylic acids is 2. The first-order valence-electron chi connectivity index (χ1n) is 8.08. The highest BCUT2D eigenvalue weighted by Crippen LogP contribution is 2.27. The van der Waals surface area contributed by atoms with Crippen molar-refractivity contribution in [3.63, 3.8) is 0 Å². The Morgan fingerprint density at radius 2 is 2.04 bits per heavy atom. The van der Waals surface area contributed by atoms with Crippen LogP contribution in [0.5, 0.6) is 5.75 Å². The number of nitrogens with zero attached hydrogens (tertiary/aromatic N) is 2. The summed E-state index contributed by atoms with van der Waals surface area (Å²) in [6, 6.07) is 11.3. The number of para-hydroxylation sites is 1. The van der Waals surface area contributed by atoms with E-state index in [4.69, 9.17) is 9.47 Å². The van der Waals surface area contributed by atoms with Crippen molar-refractivity contribution in [1.82, 2.24) is 10.3 Å². The molecule has 0 aliphatic carbocycles. The first-order valence-corrected chi connectivity index (χ1v) is 8.90. The maximum atomic E-state index is 12.1. The van der Waals surface area contributed by atoms with Gasteiger partial charge in [-0.05, 0) is 24.3 Å². The van der Waals surface area contributed by atoms with Crippen LogP contribution in [0.2, 0.25) is 0 Å². The lowest BCUT2D eigenvalue weighted by Gasteiger charge is -2.07. The third-order valence-electron chi connectivity index (χ3n) is 3.73. The number of hydrogen-bond acceptors (Lipinski definition) is 8. The number of esters is 1. The minimum Gasteiger partial charge on any atom is -0.490 e. The number of nitro benzene ring substituents is 1. The topological polar surface area (TPSA) is 121 Å². The number of thiazole rings is 1. The fourth-order valence-corrected chi connectivity index (χ4v) is 3.28. The number of amides is 1. The Balaban J connectivity index is 1.54. The molecule has 1 heterocycles. The van der Waals surface area contributed by atoms with Crippen LogP contribution in [0.1, 0.15) is 15.4 Å². The Labute approximate surface area is 163 Å². The number of nitro groups is 1. The zero-order valence-corrected chi connectivity index (χ0v) is 15.5. The monoisotopic (exact) mass is 401 g/mol. The Bertz CT molecular complexity index is 1020. The number of methoxy groups -OCH3 is 1. The smallest absolute Gasteiger partial charge is 0.325 e. The van der Waals surface area contributed by atoms with Crippen LogP contribution < -0.4 is 10.1 Å². The zero-order chi connectivity index (χ0) is 20.1. The molecule has 0 bridgehead atoms. The Hall–Kier alpha value is -3.53. The molecule has 0 aliphatic rings. The summed E-state index contributed by atoms with van der Waals surface area (Å²) in [4.78, 5) is 38.7. The summed E-state index contributed by atoms with van der Waals surface area (Å²) in [5.41, 5.74) is 0.521. The van der Waals surface area contributed by atoms with Crippen LogP contribution >= 0.6 is 11.3 Å². The summed E-state index contributed by atoms with van der Waals surface area (Å²) in [6.07, 6.45) is 0. The normalized spacial score (nSPS) is 10.5. The number of hydrogen-bond donors (Lipinski definition) is 1. The standard InChI is InChI=1S/C18H15N3O6S/c1-26-14-7-6-11(8-13(14)21(24)25)18(23)19-9-17(22)27-10-16-20-12-4-2-3-5-15(12)28-16/h2-8H,9-10H2,1H3,(H,19,23). The van der Waals surface area contributed by atoms with Gasteiger partial charge in [0.2, 0.25) is 0 Å². The minimum absolute atomic E-state index is 0.00204. The molecule has 1 N–H and O–H groups in total. The highest BCUT2D eigenvalue weighted by molar-refractivity contribution is 7.18. The van der Waals surface area contributed by atoms with E-state index in [1.807, 2.05) is 24.3 Å². The number of benzene rings is 2. The average molecular weight is 401 g/mol. The fraction of sp³-hybridized carbons (Fsp3) is 0.167. The van der Waals surface area contributed by atoms with Crippen LogP contribution in [0.3, 0.4) is 0 Å². The van der Waals surface area contributed by atoms with Crippen molar-refractivity contribution >= 4 is 39.1 Å². The molecular weight excluding hydrogens is 386 g/mol. The van der Waals surface area contributed by atoms with E-state index >= 15 is 0 Å². The SMILES string of the molecule is COc1ccc(C(=O)NCC(=O)OCc2nc3ccccc3s2)cc1[N+](=O)[O-]. The molecular formula is C18H15N3O6S. The van der Waals surface area contributed by atoms with Crippen molar-refractivity contribution in [1.29, 1.82) is 0 Å². The summed E-state index contributed by atoms with van der Waals surface area (Å²) in [7, 11) is 1.30. The Morgan fingerprint density at radius 1 is 1.25 bits per heavy atom. The van der Waals surface area contributed by atoms with E-state index in [1.165, 1.54) is 30.6 Å². The number of carbonyl (C=O) groups is 2. The second-order valence-corrected chi connectivity index (χ2v) is 6.68. The minimum atomic E-state index is -0.651. The molecule has 0 atom stereocenters. The predicted molar refractivity (Wildman–Crippen MR) is 101 cm³/mol. The molecule has 3 aromatic rings. The third kappa shape index (κ3) is 4.41. The third-order valence-corrected chi connectivity index (χ3v) is 4.74. The number of aromatic nitrogens is 1. The van der Waals surface area contributed by atoms with E-state index in [9.17, 15) is 19.7 Å². The lowest BCUT2D eigenvalue weighted by molar-refractivity contribution is -0.385. The van der Waals surface area contributed by atoms with Crippen molar-refractivity contribution in [3.05, 3.63) is 63.1 Å². The highest BCUT2D eigenvalue weighted by atomic mass is 32.1. The molecule has 3 rings (SSSR count). The molecule has 0 aliphatic heterocycles. The number of ether oxygens (including phenoxy) is 2. The number of fused-ring (bicyclic) bond motifs is 1. The summed E-state index contributed by atoms with van der Waals surface area (Å²) < 4.78 is 11.0. The van der Waals surface area contributed by atoms with E-state index in [-0.39, 0.29) is 30.2 Å². The van der Waals surface area contributed by atoms with Gasteiger partial charge in [-0.3, -0.25) is 19.7 Å². The Morgan fingerprint density at radius 3 is 2.75 bits per heavy atom. The van der Waals surface area contributed by atoms with Gasteiger partial charge in [0.15, 0.2) is 5.75 Å². The van der Waals surface area contributed by atoms with Gasteiger partial charge in [0.1, 0.15) is 18.2 Å². The summed E-state index contributed by atoms with van der Waals surface area (Å²) in [5, 5.41) is 14.0. The van der Waals surface area contributed by atoms with Crippen LogP contribution in [-0.2, 0) is 16.1 Å².